The first kappa shape index (κ1) is 20.8. The highest BCUT2D eigenvalue weighted by Crippen LogP contribution is 2.14. The first-order valence-electron chi connectivity index (χ1n) is 8.29. The largest absolute Gasteiger partial charge is 0.494 e. The summed E-state index contributed by atoms with van der Waals surface area (Å²) in [5.74, 6) is -0.467. The van der Waals surface area contributed by atoms with Gasteiger partial charge in [0.05, 0.1) is 11.5 Å². The third kappa shape index (κ3) is 6.02. The fourth-order valence-corrected chi connectivity index (χ4v) is 2.22. The average Bonchev–Trinajstić information content (AvgIpc) is 2.70. The molecule has 0 fully saturated rings. The van der Waals surface area contributed by atoms with Crippen LogP contribution in [0.4, 0.5) is 5.69 Å². The van der Waals surface area contributed by atoms with Crippen LogP contribution in [-0.4, -0.2) is 28.5 Å². The molecule has 0 bridgehead atoms. The van der Waals surface area contributed by atoms with Gasteiger partial charge in [0.25, 0.3) is 17.5 Å². The third-order valence-electron chi connectivity index (χ3n) is 3.43. The summed E-state index contributed by atoms with van der Waals surface area (Å²) < 4.78 is 5.47. The molecule has 0 spiro atoms. The van der Waals surface area contributed by atoms with Gasteiger partial charge in [0.1, 0.15) is 5.75 Å². The average molecular weight is 402 g/mol. The van der Waals surface area contributed by atoms with Crippen LogP contribution in [0.2, 0.25) is 0 Å². The van der Waals surface area contributed by atoms with E-state index in [1.807, 2.05) is 6.92 Å². The van der Waals surface area contributed by atoms with Gasteiger partial charge in [-0.05, 0) is 49.0 Å². The predicted molar refractivity (Wildman–Crippen MR) is 106 cm³/mol. The maximum atomic E-state index is 12.2. The number of hydrogen-bond acceptors (Lipinski definition) is 6. The lowest BCUT2D eigenvalue weighted by atomic mass is 10.2. The normalized spacial score (nSPS) is 9.89. The van der Waals surface area contributed by atoms with E-state index in [2.05, 4.69) is 16.2 Å². The summed E-state index contributed by atoms with van der Waals surface area (Å²) >= 11 is 4.98. The first-order chi connectivity index (χ1) is 13.4. The quantitative estimate of drug-likeness (QED) is 0.385. The SMILES string of the molecule is CCCOc1cccc(C(=O)NC(=S)NNC(=O)c2ccc([N+](=O)[O-])cc2)c1. The molecule has 28 heavy (non-hydrogen) atoms. The number of nitrogens with zero attached hydrogens (tertiary/aromatic N) is 1. The smallest absolute Gasteiger partial charge is 0.269 e. The number of ether oxygens (including phenoxy) is 1. The molecule has 0 aliphatic rings. The number of hydrogen-bond donors (Lipinski definition) is 3. The Kier molecular flexibility index (Phi) is 7.40. The van der Waals surface area contributed by atoms with E-state index in [9.17, 15) is 19.7 Å². The van der Waals surface area contributed by atoms with Crippen LogP contribution in [0.15, 0.2) is 48.5 Å². The molecule has 2 aromatic rings. The molecule has 0 unspecified atom stereocenters. The summed E-state index contributed by atoms with van der Waals surface area (Å²) in [6.07, 6.45) is 0.846. The van der Waals surface area contributed by atoms with E-state index in [0.29, 0.717) is 17.9 Å². The van der Waals surface area contributed by atoms with Crippen molar-refractivity contribution in [2.24, 2.45) is 0 Å². The summed E-state index contributed by atoms with van der Waals surface area (Å²) in [6, 6.07) is 11.7. The van der Waals surface area contributed by atoms with Gasteiger partial charge in [-0.2, -0.15) is 0 Å². The Labute approximate surface area is 166 Å². The summed E-state index contributed by atoms with van der Waals surface area (Å²) in [4.78, 5) is 34.3. The van der Waals surface area contributed by atoms with Gasteiger partial charge in [-0.3, -0.25) is 35.9 Å². The Morgan fingerprint density at radius 2 is 1.79 bits per heavy atom. The fraction of sp³-hybridized carbons (Fsp3) is 0.167. The Balaban J connectivity index is 1.87. The molecule has 0 atom stereocenters. The topological polar surface area (TPSA) is 123 Å². The van der Waals surface area contributed by atoms with Crippen LogP contribution in [0, 0.1) is 10.1 Å². The van der Waals surface area contributed by atoms with E-state index in [4.69, 9.17) is 17.0 Å². The van der Waals surface area contributed by atoms with Crippen molar-refractivity contribution >= 4 is 34.8 Å². The number of benzene rings is 2. The number of nitrogens with one attached hydrogen (secondary N) is 3. The number of carbonyl (C=O) groups is 2. The number of nitro groups is 1. The molecule has 146 valence electrons. The van der Waals surface area contributed by atoms with Gasteiger partial charge in [-0.25, -0.2) is 0 Å². The molecule has 0 aliphatic carbocycles. The summed E-state index contributed by atoms with van der Waals surface area (Å²) in [6.45, 7) is 2.52. The second-order valence-corrected chi connectivity index (χ2v) is 5.95. The number of rotatable bonds is 6. The highest BCUT2D eigenvalue weighted by Gasteiger charge is 2.12. The molecule has 9 nitrogen and oxygen atoms in total. The highest BCUT2D eigenvalue weighted by atomic mass is 32.1. The maximum absolute atomic E-state index is 12.2. The van der Waals surface area contributed by atoms with Crippen molar-refractivity contribution in [3.8, 4) is 5.75 Å². The zero-order valence-corrected chi connectivity index (χ0v) is 15.7. The molecule has 2 amide bonds. The molecule has 0 radical (unpaired) electrons. The van der Waals surface area contributed by atoms with Crippen LogP contribution >= 0.6 is 12.2 Å². The predicted octanol–water partition coefficient (Wildman–Crippen LogP) is 2.33. The van der Waals surface area contributed by atoms with Gasteiger partial charge in [0.2, 0.25) is 0 Å². The second kappa shape index (κ2) is 9.97. The number of thiocarbonyl (C=S) groups is 1. The molecular formula is C18H18N4O5S. The molecule has 0 saturated heterocycles. The third-order valence-corrected chi connectivity index (χ3v) is 3.63. The Morgan fingerprint density at radius 1 is 1.07 bits per heavy atom. The number of hydrazine groups is 1. The van der Waals surface area contributed by atoms with E-state index in [0.717, 1.165) is 6.42 Å². The lowest BCUT2D eigenvalue weighted by Crippen LogP contribution is -2.48. The minimum Gasteiger partial charge on any atom is -0.494 e. The Hall–Kier alpha value is -3.53. The van der Waals surface area contributed by atoms with Gasteiger partial charge in [-0.1, -0.05) is 13.0 Å². The number of non-ortho nitro benzene ring substituents is 1. The molecule has 2 aromatic carbocycles. The van der Waals surface area contributed by atoms with E-state index in [1.165, 1.54) is 24.3 Å². The molecular weight excluding hydrogens is 384 g/mol. The number of amides is 2. The van der Waals surface area contributed by atoms with Crippen molar-refractivity contribution in [3.63, 3.8) is 0 Å². The van der Waals surface area contributed by atoms with Crippen molar-refractivity contribution in [1.29, 1.82) is 0 Å². The van der Waals surface area contributed by atoms with Crippen LogP contribution in [-0.2, 0) is 0 Å². The number of nitro benzene ring substituents is 1. The van der Waals surface area contributed by atoms with E-state index >= 15 is 0 Å². The summed E-state index contributed by atoms with van der Waals surface area (Å²) in [7, 11) is 0. The lowest BCUT2D eigenvalue weighted by molar-refractivity contribution is -0.384. The van der Waals surface area contributed by atoms with Crippen LogP contribution in [0.5, 0.6) is 5.75 Å². The van der Waals surface area contributed by atoms with E-state index in [1.54, 1.807) is 24.3 Å². The van der Waals surface area contributed by atoms with Crippen LogP contribution in [0.25, 0.3) is 0 Å². The van der Waals surface area contributed by atoms with Crippen molar-refractivity contribution in [3.05, 3.63) is 69.8 Å². The van der Waals surface area contributed by atoms with Gasteiger partial charge < -0.3 is 4.74 Å². The van der Waals surface area contributed by atoms with Crippen LogP contribution in [0.1, 0.15) is 34.1 Å². The molecule has 3 N–H and O–H groups in total. The molecule has 10 heteroatoms. The van der Waals surface area contributed by atoms with Gasteiger partial charge >= 0.3 is 0 Å². The molecule has 0 aromatic heterocycles. The van der Waals surface area contributed by atoms with Crippen molar-refractivity contribution < 1.29 is 19.2 Å². The molecule has 0 heterocycles. The summed E-state index contributed by atoms with van der Waals surface area (Å²) in [5.41, 5.74) is 5.11. The standard InChI is InChI=1S/C18H18N4O5S/c1-2-10-27-15-5-3-4-13(11-15)16(23)19-18(28)21-20-17(24)12-6-8-14(9-7-12)22(25)26/h3-9,11H,2,10H2,1H3,(H,20,24)(H2,19,21,23,28). The van der Waals surface area contributed by atoms with E-state index < -0.39 is 16.7 Å². The van der Waals surface area contributed by atoms with E-state index in [-0.39, 0.29) is 16.4 Å². The highest BCUT2D eigenvalue weighted by molar-refractivity contribution is 7.80. The Morgan fingerprint density at radius 3 is 2.43 bits per heavy atom. The first-order valence-corrected chi connectivity index (χ1v) is 8.70. The monoisotopic (exact) mass is 402 g/mol. The Bertz CT molecular complexity index is 886. The van der Waals surface area contributed by atoms with Gasteiger partial charge in [-0.15, -0.1) is 0 Å². The van der Waals surface area contributed by atoms with Crippen molar-refractivity contribution in [2.45, 2.75) is 13.3 Å². The minimum absolute atomic E-state index is 0.111. The minimum atomic E-state index is -0.568. The summed E-state index contributed by atoms with van der Waals surface area (Å²) in [5, 5.41) is 12.9. The molecule has 0 aliphatic heterocycles. The second-order valence-electron chi connectivity index (χ2n) is 5.54. The van der Waals surface area contributed by atoms with Crippen molar-refractivity contribution in [2.75, 3.05) is 6.61 Å². The van der Waals surface area contributed by atoms with Crippen LogP contribution < -0.4 is 20.9 Å². The van der Waals surface area contributed by atoms with Gasteiger partial charge in [0, 0.05) is 23.3 Å². The zero-order chi connectivity index (χ0) is 20.5. The van der Waals surface area contributed by atoms with Crippen molar-refractivity contribution in [1.82, 2.24) is 16.2 Å². The zero-order valence-electron chi connectivity index (χ0n) is 14.9. The molecule has 2 rings (SSSR count). The molecule has 0 saturated carbocycles. The fourth-order valence-electron chi connectivity index (χ4n) is 2.07. The van der Waals surface area contributed by atoms with Gasteiger partial charge in [0.15, 0.2) is 5.11 Å². The maximum Gasteiger partial charge on any atom is 0.269 e. The lowest BCUT2D eigenvalue weighted by Gasteiger charge is -2.11. The van der Waals surface area contributed by atoms with Crippen LogP contribution in [0.3, 0.4) is 0 Å². The number of carbonyl (C=O) groups excluding carboxylic acids is 2.